The van der Waals surface area contributed by atoms with Crippen molar-refractivity contribution in [2.45, 2.75) is 45.4 Å². The summed E-state index contributed by atoms with van der Waals surface area (Å²) in [5, 5.41) is 1.86. The maximum Gasteiger partial charge on any atom is 0.193 e. The molecule has 0 saturated carbocycles. The largest absolute Gasteiger partial charge is 0.287 e. The molecule has 1 nitrogen and oxygen atoms in total. The van der Waals surface area contributed by atoms with Gasteiger partial charge in [0, 0.05) is 6.42 Å². The first-order chi connectivity index (χ1) is 5.81. The van der Waals surface area contributed by atoms with Crippen LogP contribution in [0.1, 0.15) is 45.4 Å². The molecule has 0 spiro atoms. The van der Waals surface area contributed by atoms with Crippen LogP contribution >= 0.6 is 11.8 Å². The summed E-state index contributed by atoms with van der Waals surface area (Å²) in [5.74, 6) is 0. The van der Waals surface area contributed by atoms with E-state index in [1.54, 1.807) is 5.41 Å². The average molecular weight is 186 g/mol. The van der Waals surface area contributed by atoms with Gasteiger partial charge < -0.3 is 0 Å². The molecule has 0 aliphatic heterocycles. The maximum absolute atomic E-state index is 11.0. The van der Waals surface area contributed by atoms with Crippen LogP contribution in [-0.2, 0) is 4.79 Å². The Morgan fingerprint density at radius 1 is 1.33 bits per heavy atom. The van der Waals surface area contributed by atoms with E-state index in [0.29, 0.717) is 6.42 Å². The Bertz CT molecular complexity index is 132. The smallest absolute Gasteiger partial charge is 0.193 e. The standard InChI is InChI=1S/C10H18OS/c1-3-5-6-7-8-9-10(11)12-4-2/h4H,2-3,5-9H2,1H3. The van der Waals surface area contributed by atoms with Crippen LogP contribution in [0.25, 0.3) is 0 Å². The zero-order valence-corrected chi connectivity index (χ0v) is 8.66. The first-order valence-corrected chi connectivity index (χ1v) is 5.49. The van der Waals surface area contributed by atoms with Crippen LogP contribution in [0, 0.1) is 0 Å². The Kier molecular flexibility index (Phi) is 8.68. The van der Waals surface area contributed by atoms with E-state index in [4.69, 9.17) is 0 Å². The third-order valence-corrected chi connectivity index (χ3v) is 2.33. The number of carbonyl (C=O) groups is 1. The molecular formula is C10H18OS. The van der Waals surface area contributed by atoms with Gasteiger partial charge in [-0.05, 0) is 11.8 Å². The predicted molar refractivity (Wildman–Crippen MR) is 56.2 cm³/mol. The summed E-state index contributed by atoms with van der Waals surface area (Å²) in [7, 11) is 0. The van der Waals surface area contributed by atoms with Crippen LogP contribution in [0.15, 0.2) is 12.0 Å². The van der Waals surface area contributed by atoms with Crippen molar-refractivity contribution >= 4 is 16.9 Å². The van der Waals surface area contributed by atoms with Gasteiger partial charge in [-0.15, -0.1) is 0 Å². The number of rotatable bonds is 7. The molecule has 0 heterocycles. The fourth-order valence-corrected chi connectivity index (χ4v) is 1.47. The molecule has 70 valence electrons. The van der Waals surface area contributed by atoms with Crippen molar-refractivity contribution in [1.29, 1.82) is 0 Å². The molecule has 0 fully saturated rings. The van der Waals surface area contributed by atoms with Gasteiger partial charge in [-0.2, -0.15) is 0 Å². The van der Waals surface area contributed by atoms with Gasteiger partial charge in [0.2, 0.25) is 0 Å². The Morgan fingerprint density at radius 3 is 2.58 bits per heavy atom. The zero-order chi connectivity index (χ0) is 9.23. The highest BCUT2D eigenvalue weighted by molar-refractivity contribution is 8.16. The van der Waals surface area contributed by atoms with Crippen LogP contribution in [0.3, 0.4) is 0 Å². The van der Waals surface area contributed by atoms with E-state index in [2.05, 4.69) is 13.5 Å². The number of thioether (sulfide) groups is 1. The van der Waals surface area contributed by atoms with E-state index in [9.17, 15) is 4.79 Å². The summed E-state index contributed by atoms with van der Waals surface area (Å²) in [4.78, 5) is 11.0. The monoisotopic (exact) mass is 186 g/mol. The first kappa shape index (κ1) is 11.8. The van der Waals surface area contributed by atoms with Gasteiger partial charge >= 0.3 is 0 Å². The molecule has 0 aromatic heterocycles. The lowest BCUT2D eigenvalue weighted by atomic mass is 10.1. The molecule has 0 amide bonds. The summed E-state index contributed by atoms with van der Waals surface area (Å²) in [6.07, 6.45) is 6.76. The minimum atomic E-state index is 0.251. The van der Waals surface area contributed by atoms with Gasteiger partial charge in [0.15, 0.2) is 5.12 Å². The fraction of sp³-hybridized carbons (Fsp3) is 0.700. The van der Waals surface area contributed by atoms with E-state index >= 15 is 0 Å². The molecular weight excluding hydrogens is 168 g/mol. The van der Waals surface area contributed by atoms with Crippen LogP contribution in [0.2, 0.25) is 0 Å². The second-order valence-corrected chi connectivity index (χ2v) is 3.85. The van der Waals surface area contributed by atoms with Gasteiger partial charge in [-0.3, -0.25) is 4.79 Å². The predicted octanol–water partition coefficient (Wildman–Crippen LogP) is 3.75. The van der Waals surface area contributed by atoms with Crippen molar-refractivity contribution in [1.82, 2.24) is 0 Å². The minimum Gasteiger partial charge on any atom is -0.287 e. The molecule has 0 N–H and O–H groups in total. The second-order valence-electron chi connectivity index (χ2n) is 2.82. The van der Waals surface area contributed by atoms with Crippen molar-refractivity contribution in [3.05, 3.63) is 12.0 Å². The maximum atomic E-state index is 11.0. The molecule has 0 aromatic rings. The number of hydrogen-bond acceptors (Lipinski definition) is 2. The molecule has 0 aliphatic carbocycles. The zero-order valence-electron chi connectivity index (χ0n) is 7.84. The summed E-state index contributed by atoms with van der Waals surface area (Å²) >= 11 is 1.22. The Labute approximate surface area is 79.6 Å². The fourth-order valence-electron chi connectivity index (χ4n) is 1.02. The molecule has 0 bridgehead atoms. The number of hydrogen-bond donors (Lipinski definition) is 0. The highest BCUT2D eigenvalue weighted by Crippen LogP contribution is 2.11. The van der Waals surface area contributed by atoms with Gasteiger partial charge in [0.05, 0.1) is 0 Å². The third kappa shape index (κ3) is 7.86. The van der Waals surface area contributed by atoms with Crippen molar-refractivity contribution in [2.24, 2.45) is 0 Å². The first-order valence-electron chi connectivity index (χ1n) is 4.61. The molecule has 0 radical (unpaired) electrons. The van der Waals surface area contributed by atoms with Crippen LogP contribution in [0.5, 0.6) is 0 Å². The van der Waals surface area contributed by atoms with E-state index < -0.39 is 0 Å². The highest BCUT2D eigenvalue weighted by Gasteiger charge is 1.98. The topological polar surface area (TPSA) is 17.1 Å². The molecule has 0 aliphatic rings. The Hall–Kier alpha value is -0.240. The molecule has 2 heteroatoms. The lowest BCUT2D eigenvalue weighted by Crippen LogP contribution is -1.89. The summed E-state index contributed by atoms with van der Waals surface area (Å²) in [5.41, 5.74) is 0. The third-order valence-electron chi connectivity index (χ3n) is 1.70. The van der Waals surface area contributed by atoms with Crippen LogP contribution in [0.4, 0.5) is 0 Å². The van der Waals surface area contributed by atoms with E-state index in [-0.39, 0.29) is 5.12 Å². The summed E-state index contributed by atoms with van der Waals surface area (Å²) in [6, 6.07) is 0. The number of carbonyl (C=O) groups excluding carboxylic acids is 1. The quantitative estimate of drug-likeness (QED) is 0.563. The van der Waals surface area contributed by atoms with Crippen molar-refractivity contribution < 1.29 is 4.79 Å². The lowest BCUT2D eigenvalue weighted by molar-refractivity contribution is -0.111. The van der Waals surface area contributed by atoms with Crippen molar-refractivity contribution in [3.8, 4) is 0 Å². The van der Waals surface area contributed by atoms with Crippen LogP contribution in [-0.4, -0.2) is 5.12 Å². The lowest BCUT2D eigenvalue weighted by Gasteiger charge is -1.97. The minimum absolute atomic E-state index is 0.251. The van der Waals surface area contributed by atoms with E-state index in [1.165, 1.54) is 37.4 Å². The Balaban J connectivity index is 3.08. The van der Waals surface area contributed by atoms with Crippen LogP contribution < -0.4 is 0 Å². The molecule has 12 heavy (non-hydrogen) atoms. The molecule has 0 aromatic carbocycles. The highest BCUT2D eigenvalue weighted by atomic mass is 32.2. The van der Waals surface area contributed by atoms with Gasteiger partial charge in [0.1, 0.15) is 0 Å². The molecule has 0 atom stereocenters. The van der Waals surface area contributed by atoms with E-state index in [1.807, 2.05) is 0 Å². The molecule has 0 rings (SSSR count). The Morgan fingerprint density at radius 2 is 2.00 bits per heavy atom. The van der Waals surface area contributed by atoms with Crippen molar-refractivity contribution in [3.63, 3.8) is 0 Å². The van der Waals surface area contributed by atoms with Crippen molar-refractivity contribution in [2.75, 3.05) is 0 Å². The molecule has 0 unspecified atom stereocenters. The van der Waals surface area contributed by atoms with Gasteiger partial charge in [-0.25, -0.2) is 0 Å². The van der Waals surface area contributed by atoms with E-state index in [0.717, 1.165) is 6.42 Å². The number of unbranched alkanes of at least 4 members (excludes halogenated alkanes) is 4. The summed E-state index contributed by atoms with van der Waals surface area (Å²) < 4.78 is 0. The normalized spacial score (nSPS) is 9.75. The SMILES string of the molecule is C=CSC(=O)CCCCCCC. The second kappa shape index (κ2) is 8.85. The summed E-state index contributed by atoms with van der Waals surface area (Å²) in [6.45, 7) is 5.69. The molecule has 0 saturated heterocycles. The van der Waals surface area contributed by atoms with Gasteiger partial charge in [-0.1, -0.05) is 50.9 Å². The average Bonchev–Trinajstić information content (AvgIpc) is 2.05. The van der Waals surface area contributed by atoms with Gasteiger partial charge in [0.25, 0.3) is 0 Å².